The first-order valence-electron chi connectivity index (χ1n) is 5.50. The summed E-state index contributed by atoms with van der Waals surface area (Å²) in [6, 6.07) is 7.84. The molecule has 16 heavy (non-hydrogen) atoms. The van der Waals surface area contributed by atoms with E-state index in [0.29, 0.717) is 0 Å². The molecular weight excluding hydrogens is 200 g/mol. The van der Waals surface area contributed by atoms with Crippen molar-refractivity contribution in [2.75, 3.05) is 0 Å². The molecule has 0 bridgehead atoms. The predicted molar refractivity (Wildman–Crippen MR) is 63.6 cm³/mol. The highest BCUT2D eigenvalue weighted by Crippen LogP contribution is 2.18. The van der Waals surface area contributed by atoms with Crippen molar-refractivity contribution in [1.82, 2.24) is 9.78 Å². The van der Waals surface area contributed by atoms with Crippen molar-refractivity contribution in [3.05, 3.63) is 47.8 Å². The Balaban J connectivity index is 2.25. The molecule has 84 valence electrons. The monoisotopic (exact) mass is 216 g/mol. The van der Waals surface area contributed by atoms with E-state index in [1.807, 2.05) is 55.2 Å². The summed E-state index contributed by atoms with van der Waals surface area (Å²) >= 11 is 0. The second kappa shape index (κ2) is 4.49. The van der Waals surface area contributed by atoms with Crippen LogP contribution in [0.15, 0.2) is 36.7 Å². The van der Waals surface area contributed by atoms with E-state index in [1.54, 1.807) is 0 Å². The van der Waals surface area contributed by atoms with Crippen molar-refractivity contribution in [1.29, 1.82) is 0 Å². The molecule has 0 saturated heterocycles. The fraction of sp³-hybridized carbons (Fsp3) is 0.308. The van der Waals surface area contributed by atoms with E-state index in [4.69, 9.17) is 0 Å². The molecule has 0 aliphatic carbocycles. The average Bonchev–Trinajstić information content (AvgIpc) is 2.75. The summed E-state index contributed by atoms with van der Waals surface area (Å²) in [6.45, 7) is 3.98. The van der Waals surface area contributed by atoms with Crippen LogP contribution < -0.4 is 0 Å². The SMILES string of the molecule is CC[C@@H](O)c1ccc(-n2cc(C)cn2)cc1. The standard InChI is InChI=1S/C13H16N2O/c1-3-13(16)11-4-6-12(7-5-11)15-9-10(2)8-14-15/h4-9,13,16H,3H2,1-2H3/t13-/m1/s1. The summed E-state index contributed by atoms with van der Waals surface area (Å²) in [6.07, 6.45) is 4.17. The number of nitrogens with zero attached hydrogens (tertiary/aromatic N) is 2. The quantitative estimate of drug-likeness (QED) is 0.856. The van der Waals surface area contributed by atoms with Gasteiger partial charge in [0, 0.05) is 6.20 Å². The molecular formula is C13H16N2O. The lowest BCUT2D eigenvalue weighted by atomic mass is 10.1. The molecule has 3 nitrogen and oxygen atoms in total. The van der Waals surface area contributed by atoms with E-state index in [1.165, 1.54) is 0 Å². The first-order chi connectivity index (χ1) is 7.70. The first kappa shape index (κ1) is 10.9. The van der Waals surface area contributed by atoms with Gasteiger partial charge in [-0.2, -0.15) is 5.10 Å². The maximum atomic E-state index is 9.67. The Morgan fingerprint density at radius 1 is 1.31 bits per heavy atom. The van der Waals surface area contributed by atoms with Gasteiger partial charge in [0.15, 0.2) is 0 Å². The van der Waals surface area contributed by atoms with E-state index in [2.05, 4.69) is 5.10 Å². The van der Waals surface area contributed by atoms with Crippen molar-refractivity contribution >= 4 is 0 Å². The van der Waals surface area contributed by atoms with Crippen LogP contribution in [0.4, 0.5) is 0 Å². The fourth-order valence-corrected chi connectivity index (χ4v) is 1.64. The van der Waals surface area contributed by atoms with E-state index >= 15 is 0 Å². The number of aromatic nitrogens is 2. The summed E-state index contributed by atoms with van der Waals surface area (Å²) in [5.41, 5.74) is 3.10. The Hall–Kier alpha value is -1.61. The van der Waals surface area contributed by atoms with Crippen LogP contribution in [0.2, 0.25) is 0 Å². The van der Waals surface area contributed by atoms with Gasteiger partial charge in [-0.15, -0.1) is 0 Å². The smallest absolute Gasteiger partial charge is 0.0787 e. The number of hydrogen-bond acceptors (Lipinski definition) is 2. The van der Waals surface area contributed by atoms with E-state index in [9.17, 15) is 5.11 Å². The van der Waals surface area contributed by atoms with Crippen LogP contribution in [0.5, 0.6) is 0 Å². The van der Waals surface area contributed by atoms with Gasteiger partial charge in [-0.1, -0.05) is 19.1 Å². The molecule has 0 unspecified atom stereocenters. The van der Waals surface area contributed by atoms with Gasteiger partial charge in [0.05, 0.1) is 18.0 Å². The second-order valence-electron chi connectivity index (χ2n) is 3.98. The van der Waals surface area contributed by atoms with Crippen LogP contribution in [0.1, 0.15) is 30.6 Å². The number of aryl methyl sites for hydroxylation is 1. The van der Waals surface area contributed by atoms with E-state index in [-0.39, 0.29) is 6.10 Å². The van der Waals surface area contributed by atoms with E-state index < -0.39 is 0 Å². The van der Waals surface area contributed by atoms with Gasteiger partial charge in [-0.05, 0) is 36.6 Å². The van der Waals surface area contributed by atoms with Crippen LogP contribution in [0.25, 0.3) is 5.69 Å². The fourth-order valence-electron chi connectivity index (χ4n) is 1.64. The van der Waals surface area contributed by atoms with Gasteiger partial charge in [0.1, 0.15) is 0 Å². The van der Waals surface area contributed by atoms with Gasteiger partial charge in [-0.25, -0.2) is 4.68 Å². The maximum Gasteiger partial charge on any atom is 0.0787 e. The lowest BCUT2D eigenvalue weighted by molar-refractivity contribution is 0.173. The third-order valence-electron chi connectivity index (χ3n) is 2.64. The predicted octanol–water partition coefficient (Wildman–Crippen LogP) is 2.62. The highest BCUT2D eigenvalue weighted by atomic mass is 16.3. The Labute approximate surface area is 95.3 Å². The number of aliphatic hydroxyl groups is 1. The third-order valence-corrected chi connectivity index (χ3v) is 2.64. The van der Waals surface area contributed by atoms with Crippen molar-refractivity contribution < 1.29 is 5.11 Å². The van der Waals surface area contributed by atoms with Gasteiger partial charge in [0.2, 0.25) is 0 Å². The molecule has 2 rings (SSSR count). The normalized spacial score (nSPS) is 12.7. The summed E-state index contributed by atoms with van der Waals surface area (Å²) in [4.78, 5) is 0. The molecule has 1 atom stereocenters. The summed E-state index contributed by atoms with van der Waals surface area (Å²) in [5, 5.41) is 13.9. The lowest BCUT2D eigenvalue weighted by Gasteiger charge is -2.08. The van der Waals surface area contributed by atoms with Crippen molar-refractivity contribution in [2.24, 2.45) is 0 Å². The third kappa shape index (κ3) is 2.14. The summed E-state index contributed by atoms with van der Waals surface area (Å²) in [5.74, 6) is 0. The Morgan fingerprint density at radius 2 is 2.00 bits per heavy atom. The molecule has 0 fully saturated rings. The zero-order valence-corrected chi connectivity index (χ0v) is 9.59. The minimum Gasteiger partial charge on any atom is -0.388 e. The number of rotatable bonds is 3. The largest absolute Gasteiger partial charge is 0.388 e. The number of hydrogen-bond donors (Lipinski definition) is 1. The Bertz CT molecular complexity index is 459. The number of benzene rings is 1. The minimum absolute atomic E-state index is 0.367. The topological polar surface area (TPSA) is 38.0 Å². The Kier molecular flexibility index (Phi) is 3.06. The van der Waals surface area contributed by atoms with Crippen molar-refractivity contribution in [2.45, 2.75) is 26.4 Å². The molecule has 0 aliphatic rings. The first-order valence-corrected chi connectivity index (χ1v) is 5.50. The molecule has 0 spiro atoms. The molecule has 3 heteroatoms. The highest BCUT2D eigenvalue weighted by Gasteiger charge is 2.04. The van der Waals surface area contributed by atoms with Crippen LogP contribution >= 0.6 is 0 Å². The highest BCUT2D eigenvalue weighted by molar-refractivity contribution is 5.35. The van der Waals surface area contributed by atoms with Gasteiger partial charge < -0.3 is 5.11 Å². The van der Waals surface area contributed by atoms with Crippen molar-refractivity contribution in [3.63, 3.8) is 0 Å². The minimum atomic E-state index is -0.367. The molecule has 1 aromatic heterocycles. The molecule has 0 aliphatic heterocycles. The van der Waals surface area contributed by atoms with Gasteiger partial charge >= 0.3 is 0 Å². The van der Waals surface area contributed by atoms with Crippen LogP contribution in [0, 0.1) is 6.92 Å². The van der Waals surface area contributed by atoms with Crippen molar-refractivity contribution in [3.8, 4) is 5.69 Å². The number of aliphatic hydroxyl groups excluding tert-OH is 1. The molecule has 1 heterocycles. The van der Waals surface area contributed by atoms with Crippen LogP contribution in [-0.2, 0) is 0 Å². The molecule has 1 N–H and O–H groups in total. The summed E-state index contributed by atoms with van der Waals surface area (Å²) in [7, 11) is 0. The van der Waals surface area contributed by atoms with Gasteiger partial charge in [-0.3, -0.25) is 0 Å². The maximum absolute atomic E-state index is 9.67. The van der Waals surface area contributed by atoms with Gasteiger partial charge in [0.25, 0.3) is 0 Å². The summed E-state index contributed by atoms with van der Waals surface area (Å²) < 4.78 is 1.83. The van der Waals surface area contributed by atoms with E-state index in [0.717, 1.165) is 23.2 Å². The molecule has 0 saturated carbocycles. The zero-order valence-electron chi connectivity index (χ0n) is 9.59. The van der Waals surface area contributed by atoms with Crippen LogP contribution in [0.3, 0.4) is 0 Å². The second-order valence-corrected chi connectivity index (χ2v) is 3.98. The van der Waals surface area contributed by atoms with Crippen LogP contribution in [-0.4, -0.2) is 14.9 Å². The average molecular weight is 216 g/mol. The molecule has 0 amide bonds. The lowest BCUT2D eigenvalue weighted by Crippen LogP contribution is -1.97. The molecule has 1 aromatic carbocycles. The molecule has 2 aromatic rings. The molecule has 0 radical (unpaired) electrons. The Morgan fingerprint density at radius 3 is 2.50 bits per heavy atom. The zero-order chi connectivity index (χ0) is 11.5.